The van der Waals surface area contributed by atoms with E-state index >= 15 is 0 Å². The number of carbonyl (C=O) groups is 1. The van der Waals surface area contributed by atoms with Crippen LogP contribution in [0.2, 0.25) is 0 Å². The van der Waals surface area contributed by atoms with Crippen molar-refractivity contribution in [3.63, 3.8) is 0 Å². The van der Waals surface area contributed by atoms with Crippen molar-refractivity contribution in [2.75, 3.05) is 0 Å². The fourth-order valence-electron chi connectivity index (χ4n) is 2.87. The van der Waals surface area contributed by atoms with Crippen molar-refractivity contribution in [1.29, 1.82) is 0 Å². The Kier molecular flexibility index (Phi) is 3.46. The summed E-state index contributed by atoms with van der Waals surface area (Å²) in [6.45, 7) is 0. The van der Waals surface area contributed by atoms with Crippen molar-refractivity contribution in [2.45, 2.75) is 6.42 Å². The van der Waals surface area contributed by atoms with Crippen molar-refractivity contribution in [3.8, 4) is 0 Å². The molecule has 0 aliphatic carbocycles. The van der Waals surface area contributed by atoms with Crippen LogP contribution in [0.1, 0.15) is 16.1 Å². The monoisotopic (exact) mass is 364 g/mol. The van der Waals surface area contributed by atoms with Gasteiger partial charge in [-0.15, -0.1) is 0 Å². The molecule has 4 heteroatoms. The minimum Gasteiger partial charge on any atom is -0.353 e. The van der Waals surface area contributed by atoms with Crippen molar-refractivity contribution < 1.29 is 4.79 Å². The van der Waals surface area contributed by atoms with E-state index in [4.69, 9.17) is 0 Å². The third-order valence-corrected chi connectivity index (χ3v) is 4.45. The van der Waals surface area contributed by atoms with Gasteiger partial charge >= 0.3 is 0 Å². The SMILES string of the molecule is O=C(Cc1ccccc1)c1nccc2c1[nH]c1ccc(Br)cc12. The van der Waals surface area contributed by atoms with E-state index in [0.717, 1.165) is 31.8 Å². The molecule has 0 spiro atoms. The van der Waals surface area contributed by atoms with Gasteiger partial charge in [0.2, 0.25) is 0 Å². The first-order chi connectivity index (χ1) is 11.2. The molecule has 0 atom stereocenters. The highest BCUT2D eigenvalue weighted by molar-refractivity contribution is 9.10. The summed E-state index contributed by atoms with van der Waals surface area (Å²) in [5.41, 5.74) is 3.31. The lowest BCUT2D eigenvalue weighted by atomic mass is 10.1. The first kappa shape index (κ1) is 14.2. The Morgan fingerprint density at radius 2 is 1.87 bits per heavy atom. The van der Waals surface area contributed by atoms with Crippen molar-refractivity contribution in [2.24, 2.45) is 0 Å². The van der Waals surface area contributed by atoms with Gasteiger partial charge in [-0.2, -0.15) is 0 Å². The number of carbonyl (C=O) groups excluding carboxylic acids is 1. The lowest BCUT2D eigenvalue weighted by Crippen LogP contribution is -2.06. The Balaban J connectivity index is 1.84. The Bertz CT molecular complexity index is 1020. The van der Waals surface area contributed by atoms with E-state index in [-0.39, 0.29) is 5.78 Å². The van der Waals surface area contributed by atoms with Crippen molar-refractivity contribution >= 4 is 43.5 Å². The molecular formula is C19H13BrN2O. The van der Waals surface area contributed by atoms with E-state index in [2.05, 4.69) is 32.0 Å². The van der Waals surface area contributed by atoms with Gasteiger partial charge in [0.1, 0.15) is 5.69 Å². The minimum atomic E-state index is 0.0208. The van der Waals surface area contributed by atoms with Gasteiger partial charge in [0.05, 0.1) is 5.52 Å². The number of fused-ring (bicyclic) bond motifs is 3. The second-order valence-corrected chi connectivity index (χ2v) is 6.40. The molecule has 112 valence electrons. The molecule has 0 fully saturated rings. The first-order valence-electron chi connectivity index (χ1n) is 7.35. The van der Waals surface area contributed by atoms with Crippen LogP contribution in [0, 0.1) is 0 Å². The van der Waals surface area contributed by atoms with E-state index in [1.807, 2.05) is 48.5 Å². The Labute approximate surface area is 141 Å². The number of pyridine rings is 1. The molecule has 0 amide bonds. The molecule has 0 unspecified atom stereocenters. The van der Waals surface area contributed by atoms with Crippen molar-refractivity contribution in [3.05, 3.63) is 76.5 Å². The molecule has 3 nitrogen and oxygen atoms in total. The van der Waals surface area contributed by atoms with Crippen LogP contribution in [0.25, 0.3) is 21.8 Å². The largest absolute Gasteiger partial charge is 0.353 e. The first-order valence-corrected chi connectivity index (χ1v) is 8.15. The molecule has 23 heavy (non-hydrogen) atoms. The maximum atomic E-state index is 12.7. The molecule has 2 heterocycles. The molecule has 0 saturated carbocycles. The quantitative estimate of drug-likeness (QED) is 0.525. The number of hydrogen-bond acceptors (Lipinski definition) is 2. The molecule has 4 aromatic rings. The average Bonchev–Trinajstić information content (AvgIpc) is 2.93. The third kappa shape index (κ3) is 2.55. The highest BCUT2D eigenvalue weighted by atomic mass is 79.9. The fraction of sp³-hybridized carbons (Fsp3) is 0.0526. The summed E-state index contributed by atoms with van der Waals surface area (Å²) in [5.74, 6) is 0.0208. The number of ketones is 1. The van der Waals surface area contributed by atoms with Crippen LogP contribution in [0.3, 0.4) is 0 Å². The Morgan fingerprint density at radius 3 is 2.70 bits per heavy atom. The molecule has 0 aliphatic rings. The number of aromatic nitrogens is 2. The molecule has 4 rings (SSSR count). The fourth-order valence-corrected chi connectivity index (χ4v) is 3.23. The second-order valence-electron chi connectivity index (χ2n) is 5.48. The zero-order chi connectivity index (χ0) is 15.8. The third-order valence-electron chi connectivity index (χ3n) is 3.95. The van der Waals surface area contributed by atoms with Gasteiger partial charge in [0, 0.05) is 33.4 Å². The van der Waals surface area contributed by atoms with Gasteiger partial charge in [-0.1, -0.05) is 46.3 Å². The normalized spacial score (nSPS) is 11.2. The molecule has 1 N–H and O–H groups in total. The van der Waals surface area contributed by atoms with Crippen LogP contribution >= 0.6 is 15.9 Å². The number of H-pyrrole nitrogens is 1. The van der Waals surface area contributed by atoms with Gasteiger partial charge in [-0.25, -0.2) is 0 Å². The van der Waals surface area contributed by atoms with E-state index in [1.54, 1.807) is 6.20 Å². The highest BCUT2D eigenvalue weighted by Crippen LogP contribution is 2.29. The smallest absolute Gasteiger partial charge is 0.187 e. The van der Waals surface area contributed by atoms with Crippen LogP contribution in [-0.4, -0.2) is 15.8 Å². The van der Waals surface area contributed by atoms with Gasteiger partial charge < -0.3 is 4.98 Å². The summed E-state index contributed by atoms with van der Waals surface area (Å²) < 4.78 is 1.01. The molecule has 0 bridgehead atoms. The summed E-state index contributed by atoms with van der Waals surface area (Å²) in [4.78, 5) is 20.3. The molecule has 0 aliphatic heterocycles. The molecular weight excluding hydrogens is 352 g/mol. The number of aromatic amines is 1. The number of halogens is 1. The van der Waals surface area contributed by atoms with Crippen LogP contribution < -0.4 is 0 Å². The predicted molar refractivity (Wildman–Crippen MR) is 95.8 cm³/mol. The summed E-state index contributed by atoms with van der Waals surface area (Å²) in [6.07, 6.45) is 2.06. The predicted octanol–water partition coefficient (Wildman–Crippen LogP) is 4.90. The summed E-state index contributed by atoms with van der Waals surface area (Å²) in [5, 5.41) is 2.11. The van der Waals surface area contributed by atoms with Crippen LogP contribution in [0.15, 0.2) is 65.3 Å². The summed E-state index contributed by atoms with van der Waals surface area (Å²) >= 11 is 3.50. The van der Waals surface area contributed by atoms with Gasteiger partial charge in [0.25, 0.3) is 0 Å². The average molecular weight is 365 g/mol. The van der Waals surface area contributed by atoms with E-state index in [0.29, 0.717) is 12.1 Å². The van der Waals surface area contributed by atoms with Gasteiger partial charge in [-0.05, 0) is 29.8 Å². The molecule has 0 saturated heterocycles. The van der Waals surface area contributed by atoms with Crippen LogP contribution in [-0.2, 0) is 6.42 Å². The second kappa shape index (κ2) is 5.63. The lowest BCUT2D eigenvalue weighted by molar-refractivity contribution is 0.0990. The van der Waals surface area contributed by atoms with Crippen LogP contribution in [0.5, 0.6) is 0 Å². The highest BCUT2D eigenvalue weighted by Gasteiger charge is 2.15. The summed E-state index contributed by atoms with van der Waals surface area (Å²) in [7, 11) is 0. The van der Waals surface area contributed by atoms with Crippen molar-refractivity contribution in [1.82, 2.24) is 9.97 Å². The van der Waals surface area contributed by atoms with E-state index in [1.165, 1.54) is 0 Å². The number of rotatable bonds is 3. The zero-order valence-electron chi connectivity index (χ0n) is 12.2. The Morgan fingerprint density at radius 1 is 1.04 bits per heavy atom. The number of benzene rings is 2. The summed E-state index contributed by atoms with van der Waals surface area (Å²) in [6, 6.07) is 17.7. The molecule has 0 radical (unpaired) electrons. The molecule has 2 aromatic heterocycles. The lowest BCUT2D eigenvalue weighted by Gasteiger charge is -2.02. The molecule has 2 aromatic carbocycles. The van der Waals surface area contributed by atoms with Gasteiger partial charge in [0.15, 0.2) is 5.78 Å². The maximum Gasteiger partial charge on any atom is 0.187 e. The topological polar surface area (TPSA) is 45.8 Å². The standard InChI is InChI=1S/C19H13BrN2O/c20-13-6-7-16-15(11-13)14-8-9-21-19(18(14)22-16)17(23)10-12-4-2-1-3-5-12/h1-9,11,22H,10H2. The number of nitrogens with zero attached hydrogens (tertiary/aromatic N) is 1. The zero-order valence-corrected chi connectivity index (χ0v) is 13.8. The van der Waals surface area contributed by atoms with E-state index < -0.39 is 0 Å². The number of hydrogen-bond donors (Lipinski definition) is 1. The van der Waals surface area contributed by atoms with Gasteiger partial charge in [-0.3, -0.25) is 9.78 Å². The van der Waals surface area contributed by atoms with Crippen LogP contribution in [0.4, 0.5) is 0 Å². The Hall–Kier alpha value is -2.46. The maximum absolute atomic E-state index is 12.7. The van der Waals surface area contributed by atoms with E-state index in [9.17, 15) is 4.79 Å². The number of Topliss-reactive ketones (excluding diaryl/α,β-unsaturated/α-hetero) is 1. The minimum absolute atomic E-state index is 0.0208. The number of nitrogens with one attached hydrogen (secondary N) is 1.